The smallest absolute Gasteiger partial charge is 0.132 e. The van der Waals surface area contributed by atoms with Gasteiger partial charge in [-0.1, -0.05) is 13.3 Å². The minimum Gasteiger partial charge on any atom is -0.359 e. The molecule has 2 unspecified atom stereocenters. The fraction of sp³-hybridized carbons (Fsp3) is 1.00. The molecule has 2 aliphatic heterocycles. The highest BCUT2D eigenvalue weighted by Crippen LogP contribution is 2.24. The normalized spacial score (nSPS) is 38.8. The van der Waals surface area contributed by atoms with Crippen LogP contribution in [-0.4, -0.2) is 31.5 Å². The lowest BCUT2D eigenvalue weighted by molar-refractivity contribution is -0.122. The van der Waals surface area contributed by atoms with E-state index in [1.54, 1.807) is 0 Å². The molecule has 0 aromatic rings. The van der Waals surface area contributed by atoms with Gasteiger partial charge >= 0.3 is 0 Å². The van der Waals surface area contributed by atoms with Gasteiger partial charge in [0.25, 0.3) is 0 Å². The summed E-state index contributed by atoms with van der Waals surface area (Å²) < 4.78 is 5.91. The Labute approximate surface area is 86.6 Å². The summed E-state index contributed by atoms with van der Waals surface area (Å²) in [5.74, 6) is 0. The molecule has 0 aromatic heterocycles. The van der Waals surface area contributed by atoms with E-state index >= 15 is 0 Å². The van der Waals surface area contributed by atoms with Crippen molar-refractivity contribution >= 4 is 0 Å². The van der Waals surface area contributed by atoms with Crippen LogP contribution >= 0.6 is 0 Å². The van der Waals surface area contributed by atoms with Crippen molar-refractivity contribution in [3.05, 3.63) is 0 Å². The van der Waals surface area contributed by atoms with E-state index in [1.807, 2.05) is 0 Å². The van der Waals surface area contributed by atoms with Gasteiger partial charge in [0.05, 0.1) is 6.61 Å². The fourth-order valence-electron chi connectivity index (χ4n) is 2.57. The third kappa shape index (κ3) is 2.27. The first-order valence-corrected chi connectivity index (χ1v) is 5.97. The molecule has 2 heterocycles. The zero-order chi connectivity index (χ0) is 9.86. The molecule has 14 heavy (non-hydrogen) atoms. The highest BCUT2D eigenvalue weighted by atomic mass is 16.5. The molecule has 2 rings (SSSR count). The van der Waals surface area contributed by atoms with Crippen molar-refractivity contribution in [3.63, 3.8) is 0 Å². The summed E-state index contributed by atoms with van der Waals surface area (Å²) in [7, 11) is 0. The van der Waals surface area contributed by atoms with Gasteiger partial charge in [0.15, 0.2) is 0 Å². The van der Waals surface area contributed by atoms with Crippen molar-refractivity contribution in [2.45, 2.75) is 50.8 Å². The van der Waals surface area contributed by atoms with Gasteiger partial charge in [-0.2, -0.15) is 0 Å². The Balaban J connectivity index is 1.91. The minimum atomic E-state index is -0.0314. The van der Waals surface area contributed by atoms with Gasteiger partial charge in [-0.3, -0.25) is 5.32 Å². The van der Waals surface area contributed by atoms with Gasteiger partial charge in [0.2, 0.25) is 0 Å². The number of hydrogen-bond donors (Lipinski definition) is 2. The van der Waals surface area contributed by atoms with Crippen molar-refractivity contribution in [1.82, 2.24) is 10.6 Å². The van der Waals surface area contributed by atoms with Crippen LogP contribution in [0, 0.1) is 0 Å². The predicted molar refractivity (Wildman–Crippen MR) is 57.2 cm³/mol. The average molecular weight is 198 g/mol. The molecule has 3 nitrogen and oxygen atoms in total. The van der Waals surface area contributed by atoms with Crippen LogP contribution in [0.1, 0.15) is 39.0 Å². The number of piperidine rings is 1. The lowest BCUT2D eigenvalue weighted by atomic mass is 9.97. The molecule has 2 aliphatic rings. The Morgan fingerprint density at radius 1 is 1.50 bits per heavy atom. The Kier molecular flexibility index (Phi) is 3.42. The van der Waals surface area contributed by atoms with Crippen LogP contribution in [0.15, 0.2) is 0 Å². The van der Waals surface area contributed by atoms with Gasteiger partial charge in [0, 0.05) is 12.6 Å². The van der Waals surface area contributed by atoms with E-state index in [4.69, 9.17) is 4.74 Å². The van der Waals surface area contributed by atoms with Crippen molar-refractivity contribution in [1.29, 1.82) is 0 Å². The monoisotopic (exact) mass is 198 g/mol. The molecular formula is C11H22N2O. The van der Waals surface area contributed by atoms with E-state index in [-0.39, 0.29) is 5.72 Å². The first kappa shape index (κ1) is 10.4. The topological polar surface area (TPSA) is 33.3 Å². The van der Waals surface area contributed by atoms with Crippen molar-refractivity contribution in [2.24, 2.45) is 0 Å². The van der Waals surface area contributed by atoms with Gasteiger partial charge in [-0.25, -0.2) is 0 Å². The molecule has 1 spiro atoms. The van der Waals surface area contributed by atoms with Crippen molar-refractivity contribution in [3.8, 4) is 0 Å². The summed E-state index contributed by atoms with van der Waals surface area (Å²) in [5, 5.41) is 7.11. The largest absolute Gasteiger partial charge is 0.359 e. The first-order valence-electron chi connectivity index (χ1n) is 5.97. The molecule has 82 valence electrons. The van der Waals surface area contributed by atoms with Crippen LogP contribution in [-0.2, 0) is 4.74 Å². The number of hydrogen-bond acceptors (Lipinski definition) is 3. The third-order valence-electron chi connectivity index (χ3n) is 3.29. The molecule has 2 atom stereocenters. The van der Waals surface area contributed by atoms with Crippen molar-refractivity contribution < 1.29 is 4.74 Å². The van der Waals surface area contributed by atoms with E-state index in [2.05, 4.69) is 17.6 Å². The summed E-state index contributed by atoms with van der Waals surface area (Å²) in [4.78, 5) is 0. The predicted octanol–water partition coefficient (Wildman–Crippen LogP) is 1.24. The van der Waals surface area contributed by atoms with Gasteiger partial charge in [0.1, 0.15) is 5.72 Å². The Bertz CT molecular complexity index is 171. The minimum absolute atomic E-state index is 0.0314. The standard InChI is InChI=1S/C11H22N2O/c1-2-4-10-5-8-14-11(13-10)6-3-7-12-9-11/h10,12-13H,2-9H2,1H3. The molecular weight excluding hydrogens is 176 g/mol. The molecule has 0 bridgehead atoms. The molecule has 2 N–H and O–H groups in total. The van der Waals surface area contributed by atoms with Crippen LogP contribution in [0.2, 0.25) is 0 Å². The van der Waals surface area contributed by atoms with E-state index in [1.165, 1.54) is 32.1 Å². The molecule has 0 saturated carbocycles. The first-order chi connectivity index (χ1) is 6.85. The van der Waals surface area contributed by atoms with Crippen LogP contribution in [0.25, 0.3) is 0 Å². The molecule has 0 aliphatic carbocycles. The second kappa shape index (κ2) is 4.60. The van der Waals surface area contributed by atoms with E-state index in [0.29, 0.717) is 6.04 Å². The quantitative estimate of drug-likeness (QED) is 0.700. The Morgan fingerprint density at radius 2 is 2.43 bits per heavy atom. The number of ether oxygens (including phenoxy) is 1. The molecule has 0 amide bonds. The zero-order valence-electron chi connectivity index (χ0n) is 9.14. The van der Waals surface area contributed by atoms with E-state index in [0.717, 1.165) is 19.7 Å². The highest BCUT2D eigenvalue weighted by Gasteiger charge is 2.37. The van der Waals surface area contributed by atoms with Crippen LogP contribution in [0.4, 0.5) is 0 Å². The second-order valence-corrected chi connectivity index (χ2v) is 4.54. The number of rotatable bonds is 2. The van der Waals surface area contributed by atoms with Crippen LogP contribution < -0.4 is 10.6 Å². The molecule has 3 heteroatoms. The Morgan fingerprint density at radius 3 is 3.14 bits per heavy atom. The second-order valence-electron chi connectivity index (χ2n) is 4.54. The van der Waals surface area contributed by atoms with Gasteiger partial charge < -0.3 is 10.1 Å². The SMILES string of the molecule is CCCC1CCOC2(CCCNC2)N1. The molecule has 0 aromatic carbocycles. The summed E-state index contributed by atoms with van der Waals surface area (Å²) in [6, 6.07) is 0.675. The molecule has 2 fully saturated rings. The molecule has 2 saturated heterocycles. The summed E-state index contributed by atoms with van der Waals surface area (Å²) >= 11 is 0. The maximum absolute atomic E-state index is 5.91. The van der Waals surface area contributed by atoms with Crippen LogP contribution in [0.5, 0.6) is 0 Å². The van der Waals surface area contributed by atoms with Gasteiger partial charge in [-0.05, 0) is 32.2 Å². The van der Waals surface area contributed by atoms with Crippen molar-refractivity contribution in [2.75, 3.05) is 19.7 Å². The Hall–Kier alpha value is -0.120. The lowest BCUT2D eigenvalue weighted by Crippen LogP contribution is -2.63. The third-order valence-corrected chi connectivity index (χ3v) is 3.29. The molecule has 0 radical (unpaired) electrons. The average Bonchev–Trinajstić information content (AvgIpc) is 2.19. The number of nitrogens with one attached hydrogen (secondary N) is 2. The van der Waals surface area contributed by atoms with Crippen LogP contribution in [0.3, 0.4) is 0 Å². The van der Waals surface area contributed by atoms with E-state index < -0.39 is 0 Å². The van der Waals surface area contributed by atoms with Gasteiger partial charge in [-0.15, -0.1) is 0 Å². The lowest BCUT2D eigenvalue weighted by Gasteiger charge is -2.44. The maximum Gasteiger partial charge on any atom is 0.132 e. The summed E-state index contributed by atoms with van der Waals surface area (Å²) in [6.07, 6.45) is 6.12. The highest BCUT2D eigenvalue weighted by molar-refractivity contribution is 4.90. The maximum atomic E-state index is 5.91. The fourth-order valence-corrected chi connectivity index (χ4v) is 2.57. The summed E-state index contributed by atoms with van der Waals surface area (Å²) in [6.45, 7) is 5.31. The summed E-state index contributed by atoms with van der Waals surface area (Å²) in [5.41, 5.74) is -0.0314. The zero-order valence-corrected chi connectivity index (χ0v) is 9.14. The van der Waals surface area contributed by atoms with E-state index in [9.17, 15) is 0 Å².